The Morgan fingerprint density at radius 3 is 1.15 bits per heavy atom. The van der Waals surface area contributed by atoms with Crippen LogP contribution in [-0.4, -0.2) is 24.2 Å². The first kappa shape index (κ1) is 31.9. The Balaban J connectivity index is 4.08. The minimum Gasteiger partial charge on any atom is -0.481 e. The average molecular weight is 469 g/mol. The molecular weight excluding hydrogens is 412 g/mol. The van der Waals surface area contributed by atoms with Crippen molar-refractivity contribution in [1.82, 2.24) is 0 Å². The summed E-state index contributed by atoms with van der Waals surface area (Å²) in [5.74, 6) is -2.29. The quantitative estimate of drug-likeness (QED) is 0.107. The van der Waals surface area contributed by atoms with E-state index in [1.54, 1.807) is 0 Å². The number of rotatable bonds is 25. The molecule has 0 aliphatic carbocycles. The number of unbranched alkanes of at least 4 members (excludes halogenated alkanes) is 18. The molecule has 0 radical (unpaired) electrons. The molecule has 0 aromatic carbocycles. The van der Waals surface area contributed by atoms with Crippen LogP contribution in [-0.2, 0) is 14.3 Å². The Kier molecular flexibility index (Phi) is 23.3. The molecule has 4 heteroatoms. The van der Waals surface area contributed by atoms with E-state index in [1.165, 1.54) is 103 Å². The number of hydrogen-bond acceptors (Lipinski definition) is 3. The lowest BCUT2D eigenvalue weighted by atomic mass is 9.83. The van der Waals surface area contributed by atoms with Crippen molar-refractivity contribution in [3.05, 3.63) is 0 Å². The van der Waals surface area contributed by atoms with Crippen molar-refractivity contribution >= 4 is 11.9 Å². The van der Waals surface area contributed by atoms with Gasteiger partial charge < -0.3 is 9.84 Å². The van der Waals surface area contributed by atoms with Crippen LogP contribution in [0, 0.1) is 11.8 Å². The molecule has 0 heterocycles. The average Bonchev–Trinajstić information content (AvgIpc) is 2.81. The van der Waals surface area contributed by atoms with E-state index in [-0.39, 0.29) is 5.97 Å². The zero-order valence-electron chi connectivity index (χ0n) is 22.4. The molecule has 0 bridgehead atoms. The second kappa shape index (κ2) is 24.1. The van der Waals surface area contributed by atoms with Crippen LogP contribution < -0.4 is 0 Å². The van der Waals surface area contributed by atoms with E-state index >= 15 is 0 Å². The molecule has 2 atom stereocenters. The number of carboxylic acids is 1. The van der Waals surface area contributed by atoms with Crippen LogP contribution >= 0.6 is 0 Å². The highest BCUT2D eigenvalue weighted by Crippen LogP contribution is 2.27. The molecule has 2 unspecified atom stereocenters. The first-order valence-corrected chi connectivity index (χ1v) is 14.4. The molecule has 0 saturated carbocycles. The number of esters is 1. The SMILES string of the molecule is CCCCCCCCCCCCCCC(C(=O)OC)C(CCCCCCCCCC)C(=O)O. The van der Waals surface area contributed by atoms with Gasteiger partial charge in [-0.3, -0.25) is 9.59 Å². The van der Waals surface area contributed by atoms with Gasteiger partial charge in [-0.25, -0.2) is 0 Å². The number of hydrogen-bond donors (Lipinski definition) is 1. The smallest absolute Gasteiger partial charge is 0.309 e. The molecule has 0 aliphatic rings. The maximum Gasteiger partial charge on any atom is 0.309 e. The van der Waals surface area contributed by atoms with Crippen LogP contribution in [0.15, 0.2) is 0 Å². The summed E-state index contributed by atoms with van der Waals surface area (Å²) >= 11 is 0. The molecular formula is C29H56O4. The Bertz CT molecular complexity index is 449. The number of aliphatic carboxylic acids is 1. The minimum absolute atomic E-state index is 0.343. The van der Waals surface area contributed by atoms with E-state index in [2.05, 4.69) is 13.8 Å². The fraction of sp³-hybridized carbons (Fsp3) is 0.931. The van der Waals surface area contributed by atoms with Gasteiger partial charge in [0.25, 0.3) is 0 Å². The predicted octanol–water partition coefficient (Wildman–Crippen LogP) is 9.10. The van der Waals surface area contributed by atoms with E-state index in [4.69, 9.17) is 4.74 Å². The Hall–Kier alpha value is -1.06. The van der Waals surface area contributed by atoms with Crippen molar-refractivity contribution in [2.24, 2.45) is 11.8 Å². The molecule has 1 N–H and O–H groups in total. The lowest BCUT2D eigenvalue weighted by molar-refractivity contribution is -0.156. The molecule has 0 fully saturated rings. The van der Waals surface area contributed by atoms with Crippen molar-refractivity contribution in [2.75, 3.05) is 7.11 Å². The van der Waals surface area contributed by atoms with Gasteiger partial charge >= 0.3 is 11.9 Å². The molecule has 196 valence electrons. The topological polar surface area (TPSA) is 63.6 Å². The Morgan fingerprint density at radius 1 is 0.545 bits per heavy atom. The molecule has 0 aromatic heterocycles. The van der Waals surface area contributed by atoms with Crippen LogP contribution in [0.3, 0.4) is 0 Å². The van der Waals surface area contributed by atoms with E-state index in [0.29, 0.717) is 12.8 Å². The second-order valence-electron chi connectivity index (χ2n) is 10.0. The first-order valence-electron chi connectivity index (χ1n) is 14.4. The number of carbonyl (C=O) groups excluding carboxylic acids is 1. The van der Waals surface area contributed by atoms with Gasteiger partial charge in [0.1, 0.15) is 0 Å². The fourth-order valence-electron chi connectivity index (χ4n) is 4.83. The molecule has 4 nitrogen and oxygen atoms in total. The van der Waals surface area contributed by atoms with Gasteiger partial charge in [-0.05, 0) is 12.8 Å². The molecule has 0 saturated heterocycles. The summed E-state index contributed by atoms with van der Waals surface area (Å²) in [5, 5.41) is 9.77. The van der Waals surface area contributed by atoms with Crippen LogP contribution in [0.2, 0.25) is 0 Å². The molecule has 0 aromatic rings. The Labute approximate surface area is 205 Å². The molecule has 0 aliphatic heterocycles. The van der Waals surface area contributed by atoms with Crippen molar-refractivity contribution in [3.63, 3.8) is 0 Å². The maximum absolute atomic E-state index is 12.3. The zero-order valence-corrected chi connectivity index (χ0v) is 22.4. The summed E-state index contributed by atoms with van der Waals surface area (Å²) in [6, 6.07) is 0. The normalized spacial score (nSPS) is 13.1. The monoisotopic (exact) mass is 468 g/mol. The van der Waals surface area contributed by atoms with Gasteiger partial charge in [0, 0.05) is 0 Å². The first-order chi connectivity index (χ1) is 16.1. The van der Waals surface area contributed by atoms with E-state index in [0.717, 1.165) is 32.1 Å². The van der Waals surface area contributed by atoms with Gasteiger partial charge in [0.05, 0.1) is 18.9 Å². The van der Waals surface area contributed by atoms with Crippen molar-refractivity contribution in [2.45, 2.75) is 155 Å². The third-order valence-electron chi connectivity index (χ3n) is 7.04. The highest BCUT2D eigenvalue weighted by molar-refractivity contribution is 5.81. The number of carbonyl (C=O) groups is 2. The van der Waals surface area contributed by atoms with Crippen molar-refractivity contribution < 1.29 is 19.4 Å². The molecule has 0 rings (SSSR count). The molecule has 0 amide bonds. The largest absolute Gasteiger partial charge is 0.481 e. The summed E-state index contributed by atoms with van der Waals surface area (Å²) in [5.41, 5.74) is 0. The standard InChI is InChI=1S/C29H56O4/c1-4-6-8-10-12-14-15-16-17-19-21-23-25-27(29(32)33-3)26(28(30)31)24-22-20-18-13-11-9-7-5-2/h26-27H,4-25H2,1-3H3,(H,30,31). The maximum atomic E-state index is 12.3. The molecule has 33 heavy (non-hydrogen) atoms. The lowest BCUT2D eigenvalue weighted by Crippen LogP contribution is -2.31. The van der Waals surface area contributed by atoms with Crippen molar-refractivity contribution in [1.29, 1.82) is 0 Å². The van der Waals surface area contributed by atoms with Gasteiger partial charge in [-0.1, -0.05) is 142 Å². The van der Waals surface area contributed by atoms with E-state index in [1.807, 2.05) is 0 Å². The highest BCUT2D eigenvalue weighted by atomic mass is 16.5. The van der Waals surface area contributed by atoms with E-state index in [9.17, 15) is 14.7 Å². The predicted molar refractivity (Wildman–Crippen MR) is 140 cm³/mol. The highest BCUT2D eigenvalue weighted by Gasteiger charge is 2.33. The van der Waals surface area contributed by atoms with Gasteiger partial charge in [0.2, 0.25) is 0 Å². The summed E-state index contributed by atoms with van der Waals surface area (Å²) in [4.78, 5) is 24.3. The number of methoxy groups -OCH3 is 1. The Morgan fingerprint density at radius 2 is 0.848 bits per heavy atom. The van der Waals surface area contributed by atoms with Crippen LogP contribution in [0.1, 0.15) is 155 Å². The lowest BCUT2D eigenvalue weighted by Gasteiger charge is -2.22. The summed E-state index contributed by atoms with van der Waals surface area (Å²) in [7, 11) is 1.38. The fourth-order valence-corrected chi connectivity index (χ4v) is 4.83. The van der Waals surface area contributed by atoms with E-state index < -0.39 is 17.8 Å². The second-order valence-corrected chi connectivity index (χ2v) is 10.0. The van der Waals surface area contributed by atoms with Gasteiger partial charge in [-0.2, -0.15) is 0 Å². The zero-order chi connectivity index (χ0) is 24.6. The molecule has 0 spiro atoms. The summed E-state index contributed by atoms with van der Waals surface area (Å²) in [6.45, 7) is 4.48. The van der Waals surface area contributed by atoms with Crippen LogP contribution in [0.5, 0.6) is 0 Å². The van der Waals surface area contributed by atoms with Gasteiger partial charge in [0.15, 0.2) is 0 Å². The summed E-state index contributed by atoms with van der Waals surface area (Å²) in [6.07, 6.45) is 25.9. The number of carboxylic acid groups (broad SMARTS) is 1. The van der Waals surface area contributed by atoms with Crippen molar-refractivity contribution in [3.8, 4) is 0 Å². The number of ether oxygens (including phenoxy) is 1. The third kappa shape index (κ3) is 19.0. The van der Waals surface area contributed by atoms with Crippen LogP contribution in [0.25, 0.3) is 0 Å². The van der Waals surface area contributed by atoms with Crippen LogP contribution in [0.4, 0.5) is 0 Å². The summed E-state index contributed by atoms with van der Waals surface area (Å²) < 4.78 is 4.98. The third-order valence-corrected chi connectivity index (χ3v) is 7.04. The minimum atomic E-state index is -0.840. The van der Waals surface area contributed by atoms with Gasteiger partial charge in [-0.15, -0.1) is 0 Å².